The highest BCUT2D eigenvalue weighted by molar-refractivity contribution is 5.98. The molecule has 2 aromatic rings. The lowest BCUT2D eigenvalue weighted by Gasteiger charge is -2.31. The maximum Gasteiger partial charge on any atom is 0.254 e. The maximum absolute atomic E-state index is 12.8. The number of nitrogens with zero attached hydrogens (tertiary/aromatic N) is 5. The average Bonchev–Trinajstić information content (AvgIpc) is 3.30. The molecule has 0 spiro atoms. The van der Waals surface area contributed by atoms with Crippen molar-refractivity contribution in [2.45, 2.75) is 31.8 Å². The molecule has 1 aromatic heterocycles. The first-order valence-corrected chi connectivity index (χ1v) is 8.73. The molecule has 7 heteroatoms. The topological polar surface area (TPSA) is 71.3 Å². The SMILES string of the molecule is O=C1c2ccccc2CCN1CC(=O)N1CCC[C@H]1Cn1ccnn1. The first kappa shape index (κ1) is 15.8. The molecular weight excluding hydrogens is 318 g/mol. The summed E-state index contributed by atoms with van der Waals surface area (Å²) in [5.41, 5.74) is 1.79. The van der Waals surface area contributed by atoms with Gasteiger partial charge in [-0.1, -0.05) is 23.4 Å². The summed E-state index contributed by atoms with van der Waals surface area (Å²) in [6, 6.07) is 7.78. The summed E-state index contributed by atoms with van der Waals surface area (Å²) in [6.45, 7) is 2.16. The fraction of sp³-hybridized carbons (Fsp3) is 0.444. The van der Waals surface area contributed by atoms with E-state index in [2.05, 4.69) is 10.3 Å². The molecular formula is C18H21N5O2. The second-order valence-electron chi connectivity index (χ2n) is 6.64. The van der Waals surface area contributed by atoms with Crippen LogP contribution in [0.1, 0.15) is 28.8 Å². The summed E-state index contributed by atoms with van der Waals surface area (Å²) in [7, 11) is 0. The Kier molecular flexibility index (Phi) is 4.21. The summed E-state index contributed by atoms with van der Waals surface area (Å²) < 4.78 is 1.76. The highest BCUT2D eigenvalue weighted by Crippen LogP contribution is 2.21. The zero-order valence-electron chi connectivity index (χ0n) is 14.0. The van der Waals surface area contributed by atoms with Gasteiger partial charge < -0.3 is 9.80 Å². The molecule has 0 bridgehead atoms. The van der Waals surface area contributed by atoms with Gasteiger partial charge in [0.05, 0.1) is 18.8 Å². The number of carbonyl (C=O) groups excluding carboxylic acids is 2. The number of carbonyl (C=O) groups is 2. The van der Waals surface area contributed by atoms with Crippen molar-refractivity contribution < 1.29 is 9.59 Å². The predicted octanol–water partition coefficient (Wildman–Crippen LogP) is 0.968. The summed E-state index contributed by atoms with van der Waals surface area (Å²) in [6.07, 6.45) is 6.21. The third-order valence-corrected chi connectivity index (χ3v) is 5.08. The highest BCUT2D eigenvalue weighted by Gasteiger charge is 2.32. The third kappa shape index (κ3) is 3.14. The number of hydrogen-bond acceptors (Lipinski definition) is 4. The van der Waals surface area contributed by atoms with Crippen molar-refractivity contribution in [3.05, 3.63) is 47.8 Å². The summed E-state index contributed by atoms with van der Waals surface area (Å²) in [4.78, 5) is 29.0. The van der Waals surface area contributed by atoms with Crippen LogP contribution in [-0.2, 0) is 17.8 Å². The standard InChI is InChI=1S/C18H21N5O2/c24-17(23-9-3-5-15(23)12-22-11-8-19-20-22)13-21-10-7-14-4-1-2-6-16(14)18(21)25/h1-2,4,6,8,11,15H,3,5,7,9-10,12-13H2/t15-/m0/s1. The molecule has 0 radical (unpaired) electrons. The van der Waals surface area contributed by atoms with Gasteiger partial charge in [0.2, 0.25) is 5.91 Å². The molecule has 0 N–H and O–H groups in total. The number of aromatic nitrogens is 3. The van der Waals surface area contributed by atoms with Crippen LogP contribution < -0.4 is 0 Å². The molecule has 2 aliphatic heterocycles. The molecule has 0 saturated carbocycles. The minimum absolute atomic E-state index is 0.0235. The molecule has 0 unspecified atom stereocenters. The second kappa shape index (κ2) is 6.66. The van der Waals surface area contributed by atoms with Crippen LogP contribution in [0, 0.1) is 0 Å². The first-order chi connectivity index (χ1) is 12.2. The number of benzene rings is 1. The Hall–Kier alpha value is -2.70. The van der Waals surface area contributed by atoms with Crippen molar-refractivity contribution in [3.8, 4) is 0 Å². The van der Waals surface area contributed by atoms with Crippen LogP contribution in [0.15, 0.2) is 36.7 Å². The zero-order valence-corrected chi connectivity index (χ0v) is 14.0. The van der Waals surface area contributed by atoms with E-state index in [-0.39, 0.29) is 24.4 Å². The van der Waals surface area contributed by atoms with E-state index in [0.717, 1.165) is 36.9 Å². The predicted molar refractivity (Wildman–Crippen MR) is 90.8 cm³/mol. The molecule has 25 heavy (non-hydrogen) atoms. The fourth-order valence-electron chi connectivity index (χ4n) is 3.78. The van der Waals surface area contributed by atoms with Gasteiger partial charge in [-0.2, -0.15) is 0 Å². The number of fused-ring (bicyclic) bond motifs is 1. The Labute approximate surface area is 146 Å². The number of hydrogen-bond donors (Lipinski definition) is 0. The quantitative estimate of drug-likeness (QED) is 0.832. The van der Waals surface area contributed by atoms with E-state index in [0.29, 0.717) is 13.1 Å². The van der Waals surface area contributed by atoms with Gasteiger partial charge in [0.25, 0.3) is 5.91 Å². The Morgan fingerprint density at radius 3 is 2.96 bits per heavy atom. The van der Waals surface area contributed by atoms with Gasteiger partial charge in [-0.25, -0.2) is 0 Å². The first-order valence-electron chi connectivity index (χ1n) is 8.73. The maximum atomic E-state index is 12.8. The Bertz CT molecular complexity index is 774. The van der Waals surface area contributed by atoms with Crippen molar-refractivity contribution >= 4 is 11.8 Å². The molecule has 1 saturated heterocycles. The van der Waals surface area contributed by atoms with Gasteiger partial charge in [0.1, 0.15) is 6.54 Å². The van der Waals surface area contributed by atoms with Gasteiger partial charge in [-0.05, 0) is 30.9 Å². The van der Waals surface area contributed by atoms with Crippen molar-refractivity contribution in [3.63, 3.8) is 0 Å². The monoisotopic (exact) mass is 339 g/mol. The molecule has 3 heterocycles. The van der Waals surface area contributed by atoms with Crippen LogP contribution in [0.4, 0.5) is 0 Å². The highest BCUT2D eigenvalue weighted by atomic mass is 16.2. The second-order valence-corrected chi connectivity index (χ2v) is 6.64. The summed E-state index contributed by atoms with van der Waals surface area (Å²) in [5, 5.41) is 7.81. The molecule has 4 rings (SSSR count). The molecule has 1 aromatic carbocycles. The van der Waals surface area contributed by atoms with Gasteiger partial charge >= 0.3 is 0 Å². The normalized spacial score (nSPS) is 20.0. The largest absolute Gasteiger partial charge is 0.336 e. The molecule has 1 atom stereocenters. The van der Waals surface area contributed by atoms with Crippen molar-refractivity contribution in [1.82, 2.24) is 24.8 Å². The molecule has 7 nitrogen and oxygen atoms in total. The van der Waals surface area contributed by atoms with Crippen molar-refractivity contribution in [1.29, 1.82) is 0 Å². The molecule has 2 aliphatic rings. The van der Waals surface area contributed by atoms with E-state index < -0.39 is 0 Å². The minimum Gasteiger partial charge on any atom is -0.336 e. The van der Waals surface area contributed by atoms with Gasteiger partial charge in [0, 0.05) is 24.8 Å². The van der Waals surface area contributed by atoms with Crippen LogP contribution >= 0.6 is 0 Å². The molecule has 130 valence electrons. The van der Waals surface area contributed by atoms with Crippen LogP contribution in [0.5, 0.6) is 0 Å². The minimum atomic E-state index is -0.0396. The van der Waals surface area contributed by atoms with E-state index in [4.69, 9.17) is 0 Å². The number of likely N-dealkylation sites (tertiary alicyclic amines) is 1. The lowest BCUT2D eigenvalue weighted by atomic mass is 9.99. The Balaban J connectivity index is 1.42. The molecule has 1 fully saturated rings. The van der Waals surface area contributed by atoms with Crippen LogP contribution in [0.2, 0.25) is 0 Å². The van der Waals surface area contributed by atoms with Crippen LogP contribution in [-0.4, -0.2) is 62.3 Å². The van der Waals surface area contributed by atoms with E-state index >= 15 is 0 Å². The van der Waals surface area contributed by atoms with E-state index in [9.17, 15) is 9.59 Å². The lowest BCUT2D eigenvalue weighted by Crippen LogP contribution is -2.47. The van der Waals surface area contributed by atoms with E-state index in [1.807, 2.05) is 35.4 Å². The zero-order chi connectivity index (χ0) is 17.2. The number of rotatable bonds is 4. The van der Waals surface area contributed by atoms with Gasteiger partial charge in [0.15, 0.2) is 0 Å². The van der Waals surface area contributed by atoms with Crippen LogP contribution in [0.3, 0.4) is 0 Å². The fourth-order valence-corrected chi connectivity index (χ4v) is 3.78. The molecule has 0 aliphatic carbocycles. The van der Waals surface area contributed by atoms with Crippen molar-refractivity contribution in [2.75, 3.05) is 19.6 Å². The lowest BCUT2D eigenvalue weighted by molar-refractivity contribution is -0.133. The Morgan fingerprint density at radius 2 is 2.12 bits per heavy atom. The smallest absolute Gasteiger partial charge is 0.254 e. The van der Waals surface area contributed by atoms with Crippen molar-refractivity contribution in [2.24, 2.45) is 0 Å². The van der Waals surface area contributed by atoms with Gasteiger partial charge in [-0.15, -0.1) is 5.10 Å². The Morgan fingerprint density at radius 1 is 1.24 bits per heavy atom. The average molecular weight is 339 g/mol. The third-order valence-electron chi connectivity index (χ3n) is 5.08. The van der Waals surface area contributed by atoms with E-state index in [1.54, 1.807) is 15.8 Å². The van der Waals surface area contributed by atoms with Crippen LogP contribution in [0.25, 0.3) is 0 Å². The summed E-state index contributed by atoms with van der Waals surface area (Å²) >= 11 is 0. The number of amides is 2. The molecule has 2 amide bonds. The van der Waals surface area contributed by atoms with E-state index in [1.165, 1.54) is 0 Å². The summed E-state index contributed by atoms with van der Waals surface area (Å²) in [5.74, 6) is -0.0161. The van der Waals surface area contributed by atoms with Gasteiger partial charge in [-0.3, -0.25) is 14.3 Å².